The third kappa shape index (κ3) is 2.35. The highest BCUT2D eigenvalue weighted by Gasteiger charge is 2.49. The lowest BCUT2D eigenvalue weighted by atomic mass is 10.0. The maximum absolute atomic E-state index is 12.5. The highest BCUT2D eigenvalue weighted by molar-refractivity contribution is 7.89. The number of sulfonamides is 1. The molecular weight excluding hydrogens is 290 g/mol. The first-order valence-electron chi connectivity index (χ1n) is 5.80. The van der Waals surface area contributed by atoms with Crippen LogP contribution in [0.2, 0.25) is 5.02 Å². The average Bonchev–Trinajstić information content (AvgIpc) is 2.74. The minimum atomic E-state index is -3.81. The van der Waals surface area contributed by atoms with Crippen molar-refractivity contribution in [1.82, 2.24) is 4.31 Å². The van der Waals surface area contributed by atoms with Crippen LogP contribution >= 0.6 is 11.6 Å². The lowest BCUT2D eigenvalue weighted by Crippen LogP contribution is -2.50. The quantitative estimate of drug-likeness (QED) is 0.926. The Morgan fingerprint density at radius 3 is 2.47 bits per heavy atom. The summed E-state index contributed by atoms with van der Waals surface area (Å²) in [6, 6.07) is 5.72. The van der Waals surface area contributed by atoms with Gasteiger partial charge in [0.15, 0.2) is 0 Å². The second-order valence-electron chi connectivity index (χ2n) is 4.71. The summed E-state index contributed by atoms with van der Waals surface area (Å²) in [5.74, 6) is -1.12. The number of carbonyl (C=O) groups is 1. The highest BCUT2D eigenvalue weighted by Crippen LogP contribution is 2.34. The Kier molecular flexibility index (Phi) is 3.59. The van der Waals surface area contributed by atoms with Gasteiger partial charge in [0.2, 0.25) is 10.0 Å². The molecule has 1 aliphatic rings. The van der Waals surface area contributed by atoms with E-state index in [2.05, 4.69) is 0 Å². The number of halogens is 1. The molecule has 1 atom stereocenters. The lowest BCUT2D eigenvalue weighted by Gasteiger charge is -2.30. The number of benzene rings is 1. The van der Waals surface area contributed by atoms with E-state index < -0.39 is 21.5 Å². The molecule has 19 heavy (non-hydrogen) atoms. The molecule has 0 bridgehead atoms. The van der Waals surface area contributed by atoms with Gasteiger partial charge in [0.05, 0.1) is 4.90 Å². The standard InChI is InChI=1S/C12H14ClNO4S/c1-12(11(15)16)7-2-8-14(12)19(17,18)10-5-3-9(13)4-6-10/h3-6H,2,7-8H2,1H3,(H,15,16). The molecule has 1 N–H and O–H groups in total. The van der Waals surface area contributed by atoms with Crippen molar-refractivity contribution in [2.45, 2.75) is 30.2 Å². The van der Waals surface area contributed by atoms with E-state index in [9.17, 15) is 18.3 Å². The average molecular weight is 304 g/mol. The van der Waals surface area contributed by atoms with E-state index >= 15 is 0 Å². The number of carboxylic acid groups (broad SMARTS) is 1. The molecule has 7 heteroatoms. The minimum Gasteiger partial charge on any atom is -0.480 e. The molecular formula is C12H14ClNO4S. The molecule has 0 aromatic heterocycles. The van der Waals surface area contributed by atoms with Crippen molar-refractivity contribution in [3.8, 4) is 0 Å². The fourth-order valence-electron chi connectivity index (χ4n) is 2.27. The van der Waals surface area contributed by atoms with Gasteiger partial charge < -0.3 is 5.11 Å². The monoisotopic (exact) mass is 303 g/mol. The van der Waals surface area contributed by atoms with Crippen LogP contribution in [0.4, 0.5) is 0 Å². The maximum Gasteiger partial charge on any atom is 0.324 e. The summed E-state index contributed by atoms with van der Waals surface area (Å²) < 4.78 is 26.0. The van der Waals surface area contributed by atoms with Crippen LogP contribution in [0.1, 0.15) is 19.8 Å². The third-order valence-corrected chi connectivity index (χ3v) is 5.72. The number of carboxylic acids is 1. The van der Waals surface area contributed by atoms with Crippen LogP contribution in [-0.2, 0) is 14.8 Å². The van der Waals surface area contributed by atoms with Gasteiger partial charge in [0.1, 0.15) is 5.54 Å². The molecule has 1 unspecified atom stereocenters. The molecule has 1 fully saturated rings. The minimum absolute atomic E-state index is 0.0614. The van der Waals surface area contributed by atoms with Crippen molar-refractivity contribution < 1.29 is 18.3 Å². The van der Waals surface area contributed by atoms with E-state index in [0.29, 0.717) is 17.9 Å². The smallest absolute Gasteiger partial charge is 0.324 e. The van der Waals surface area contributed by atoms with Crippen molar-refractivity contribution >= 4 is 27.6 Å². The molecule has 1 aliphatic heterocycles. The third-order valence-electron chi connectivity index (χ3n) is 3.44. The van der Waals surface area contributed by atoms with Gasteiger partial charge in [-0.1, -0.05) is 11.6 Å². The van der Waals surface area contributed by atoms with Gasteiger partial charge in [-0.25, -0.2) is 8.42 Å². The summed E-state index contributed by atoms with van der Waals surface area (Å²) >= 11 is 5.73. The van der Waals surface area contributed by atoms with Gasteiger partial charge in [0.25, 0.3) is 0 Å². The second kappa shape index (κ2) is 4.77. The summed E-state index contributed by atoms with van der Waals surface area (Å²) in [5.41, 5.74) is -1.38. The van der Waals surface area contributed by atoms with Gasteiger partial charge in [0, 0.05) is 11.6 Å². The van der Waals surface area contributed by atoms with Crippen molar-refractivity contribution in [3.63, 3.8) is 0 Å². The van der Waals surface area contributed by atoms with Gasteiger partial charge >= 0.3 is 5.97 Å². The summed E-state index contributed by atoms with van der Waals surface area (Å²) in [6.07, 6.45) is 0.852. The molecule has 0 amide bonds. The fourth-order valence-corrected chi connectivity index (χ4v) is 4.20. The molecule has 1 heterocycles. The van der Waals surface area contributed by atoms with Gasteiger partial charge in [-0.3, -0.25) is 4.79 Å². The first kappa shape index (κ1) is 14.3. The zero-order valence-corrected chi connectivity index (χ0v) is 11.9. The highest BCUT2D eigenvalue weighted by atomic mass is 35.5. The fraction of sp³-hybridized carbons (Fsp3) is 0.417. The Balaban J connectivity index is 2.45. The number of rotatable bonds is 3. The number of nitrogens with zero attached hydrogens (tertiary/aromatic N) is 1. The van der Waals surface area contributed by atoms with Crippen LogP contribution in [-0.4, -0.2) is 35.9 Å². The Bertz CT molecular complexity index is 599. The maximum atomic E-state index is 12.5. The zero-order chi connectivity index (χ0) is 14.3. The van der Waals surface area contributed by atoms with Crippen LogP contribution < -0.4 is 0 Å². The van der Waals surface area contributed by atoms with Crippen molar-refractivity contribution in [1.29, 1.82) is 0 Å². The van der Waals surface area contributed by atoms with E-state index in [4.69, 9.17) is 11.6 Å². The first-order valence-corrected chi connectivity index (χ1v) is 7.62. The molecule has 2 rings (SSSR count). The van der Waals surface area contributed by atoms with E-state index in [-0.39, 0.29) is 11.4 Å². The normalized spacial score (nSPS) is 24.5. The zero-order valence-electron chi connectivity index (χ0n) is 10.3. The SMILES string of the molecule is CC1(C(=O)O)CCCN1S(=O)(=O)c1ccc(Cl)cc1. The number of aliphatic carboxylic acids is 1. The molecule has 104 valence electrons. The Morgan fingerprint density at radius 1 is 1.37 bits per heavy atom. The Morgan fingerprint density at radius 2 is 1.95 bits per heavy atom. The summed E-state index contributed by atoms with van der Waals surface area (Å²) in [6.45, 7) is 1.66. The van der Waals surface area contributed by atoms with Crippen LogP contribution in [0.25, 0.3) is 0 Å². The summed E-state index contributed by atoms with van der Waals surface area (Å²) in [7, 11) is -3.81. The van der Waals surface area contributed by atoms with Crippen molar-refractivity contribution in [2.24, 2.45) is 0 Å². The second-order valence-corrected chi connectivity index (χ2v) is 7.01. The molecule has 0 radical (unpaired) electrons. The Labute approximate surface area is 116 Å². The summed E-state index contributed by atoms with van der Waals surface area (Å²) in [4.78, 5) is 11.4. The van der Waals surface area contributed by atoms with E-state index in [1.807, 2.05) is 0 Å². The molecule has 0 aliphatic carbocycles. The van der Waals surface area contributed by atoms with Crippen LogP contribution in [0, 0.1) is 0 Å². The largest absolute Gasteiger partial charge is 0.480 e. The molecule has 0 saturated carbocycles. The first-order chi connectivity index (χ1) is 8.78. The molecule has 5 nitrogen and oxygen atoms in total. The molecule has 0 spiro atoms. The lowest BCUT2D eigenvalue weighted by molar-refractivity contribution is -0.146. The van der Waals surface area contributed by atoms with Gasteiger partial charge in [-0.15, -0.1) is 0 Å². The van der Waals surface area contributed by atoms with Crippen LogP contribution in [0.5, 0.6) is 0 Å². The predicted molar refractivity (Wildman–Crippen MR) is 70.6 cm³/mol. The van der Waals surface area contributed by atoms with Gasteiger partial charge in [-0.2, -0.15) is 4.31 Å². The molecule has 1 saturated heterocycles. The Hall–Kier alpha value is -1.11. The number of hydrogen-bond donors (Lipinski definition) is 1. The number of hydrogen-bond acceptors (Lipinski definition) is 3. The summed E-state index contributed by atoms with van der Waals surface area (Å²) in [5, 5.41) is 9.70. The van der Waals surface area contributed by atoms with Crippen molar-refractivity contribution in [2.75, 3.05) is 6.54 Å². The molecule has 1 aromatic carbocycles. The molecule has 1 aromatic rings. The van der Waals surface area contributed by atoms with Crippen LogP contribution in [0.3, 0.4) is 0 Å². The van der Waals surface area contributed by atoms with Crippen LogP contribution in [0.15, 0.2) is 29.2 Å². The van der Waals surface area contributed by atoms with E-state index in [1.165, 1.54) is 31.2 Å². The van der Waals surface area contributed by atoms with Gasteiger partial charge in [-0.05, 0) is 44.0 Å². The van der Waals surface area contributed by atoms with E-state index in [1.54, 1.807) is 0 Å². The predicted octanol–water partition coefficient (Wildman–Crippen LogP) is 1.97. The topological polar surface area (TPSA) is 74.7 Å². The van der Waals surface area contributed by atoms with E-state index in [0.717, 1.165) is 4.31 Å². The van der Waals surface area contributed by atoms with Crippen molar-refractivity contribution in [3.05, 3.63) is 29.3 Å².